The summed E-state index contributed by atoms with van der Waals surface area (Å²) in [4.78, 5) is 23.1. The van der Waals surface area contributed by atoms with Gasteiger partial charge in [0.1, 0.15) is 0 Å². The Balaban J connectivity index is 0.00000364. The molecule has 0 unspecified atom stereocenters. The van der Waals surface area contributed by atoms with Gasteiger partial charge in [-0.1, -0.05) is 0 Å². The minimum absolute atomic E-state index is 0. The molecule has 0 aliphatic carbocycles. The number of fused-ring (bicyclic) bond motifs is 15. The van der Waals surface area contributed by atoms with E-state index < -0.39 is 11.1 Å². The topological polar surface area (TPSA) is 158 Å². The predicted molar refractivity (Wildman–Crippen MR) is 96.7 cm³/mol. The van der Waals surface area contributed by atoms with Gasteiger partial charge in [-0.25, -0.2) is 0 Å². The molecule has 3 saturated heterocycles. The first kappa shape index (κ1) is 24.1. The minimum Gasteiger partial charge on any atom is -0.309 e. The van der Waals surface area contributed by atoms with Crippen molar-refractivity contribution in [3.8, 4) is 0 Å². The molecule has 0 aromatic heterocycles. The second-order valence-electron chi connectivity index (χ2n) is 7.02. The molecule has 3 aliphatic rings. The van der Waals surface area contributed by atoms with Crippen LogP contribution in [0.15, 0.2) is 0 Å². The smallest absolute Gasteiger partial charge is 0.309 e. The van der Waals surface area contributed by atoms with Crippen LogP contribution in [-0.2, 0) is 16.8 Å². The van der Waals surface area contributed by atoms with Crippen molar-refractivity contribution in [2.75, 3.05) is 78.5 Å². The van der Waals surface area contributed by atoms with Crippen LogP contribution in [0.4, 0.5) is 0 Å². The van der Waals surface area contributed by atoms with Crippen LogP contribution in [0.3, 0.4) is 0 Å². The number of hydrogen-bond donors (Lipinski definition) is 6. The van der Waals surface area contributed by atoms with Crippen molar-refractivity contribution in [2.24, 2.45) is 0 Å². The van der Waals surface area contributed by atoms with Crippen LogP contribution in [0.5, 0.6) is 0 Å². The maximum atomic E-state index is 11.8. The third kappa shape index (κ3) is 6.87. The molecular formula is C14H30CoN8O4+3. The van der Waals surface area contributed by atoms with Crippen LogP contribution in [0.2, 0.25) is 0 Å². The summed E-state index contributed by atoms with van der Waals surface area (Å²) in [6.45, 7) is 4.38. The Bertz CT molecular complexity index is 398. The summed E-state index contributed by atoms with van der Waals surface area (Å²) in [5.74, 6) is 0. The van der Waals surface area contributed by atoms with Crippen LogP contribution in [-0.4, -0.2) is 99.5 Å². The van der Waals surface area contributed by atoms with E-state index in [1.807, 2.05) is 0 Å². The SMILES string of the molecule is O=[N+]([O-])C12CNCCNCC([N+](=O)[O-])(CNCCNC1)CNCCNC2.[Co+3]. The number of nitrogens with one attached hydrogen (secondary N) is 6. The summed E-state index contributed by atoms with van der Waals surface area (Å²) in [6.07, 6.45) is 0. The molecule has 3 heterocycles. The third-order valence-corrected chi connectivity index (χ3v) is 4.93. The zero-order chi connectivity index (χ0) is 18.9. The van der Waals surface area contributed by atoms with Crippen molar-refractivity contribution in [1.82, 2.24) is 31.9 Å². The van der Waals surface area contributed by atoms with E-state index in [0.717, 1.165) is 0 Å². The number of nitrogens with zero attached hydrogens (tertiary/aromatic N) is 2. The molecule has 0 aromatic rings. The Morgan fingerprint density at radius 1 is 0.519 bits per heavy atom. The van der Waals surface area contributed by atoms with Crippen molar-refractivity contribution in [1.29, 1.82) is 0 Å². The van der Waals surface area contributed by atoms with Crippen LogP contribution < -0.4 is 31.9 Å². The van der Waals surface area contributed by atoms with Gasteiger partial charge in [0.25, 0.3) is 11.1 Å². The fourth-order valence-electron chi connectivity index (χ4n) is 3.22. The Kier molecular flexibility index (Phi) is 10.5. The fourth-order valence-corrected chi connectivity index (χ4v) is 3.22. The van der Waals surface area contributed by atoms with E-state index in [2.05, 4.69) is 31.9 Å². The van der Waals surface area contributed by atoms with Gasteiger partial charge in [-0.2, -0.15) is 0 Å². The standard InChI is InChI=1S/C14H30N8O4.Co/c23-21(24)13-7-15-1-2-16-8-14(22(25)26,11-19-5-3-17-9-13)12-20-6-4-18-10-13;/h15-20H,1-12H2;/q;+3. The summed E-state index contributed by atoms with van der Waals surface area (Å²) in [5.41, 5.74) is -2.28. The molecule has 0 saturated carbocycles. The second-order valence-corrected chi connectivity index (χ2v) is 7.02. The van der Waals surface area contributed by atoms with Crippen molar-refractivity contribution >= 4 is 0 Å². The molecule has 0 spiro atoms. The van der Waals surface area contributed by atoms with Gasteiger partial charge < -0.3 is 31.9 Å². The number of rotatable bonds is 2. The first-order valence-corrected chi connectivity index (χ1v) is 9.04. The quantitative estimate of drug-likeness (QED) is 0.191. The van der Waals surface area contributed by atoms with E-state index >= 15 is 0 Å². The van der Waals surface area contributed by atoms with Crippen LogP contribution in [0, 0.1) is 20.2 Å². The van der Waals surface area contributed by atoms with Gasteiger partial charge in [0.05, 0.1) is 39.3 Å². The minimum atomic E-state index is -1.14. The maximum absolute atomic E-state index is 11.8. The zero-order valence-electron chi connectivity index (χ0n) is 15.3. The second kappa shape index (κ2) is 11.8. The molecule has 6 N–H and O–H groups in total. The molecule has 12 nitrogen and oxygen atoms in total. The molecule has 156 valence electrons. The molecule has 27 heavy (non-hydrogen) atoms. The first-order chi connectivity index (χ1) is 12.5. The first-order valence-electron chi connectivity index (χ1n) is 9.04. The van der Waals surface area contributed by atoms with Crippen molar-refractivity contribution in [2.45, 2.75) is 11.1 Å². The fraction of sp³-hybridized carbons (Fsp3) is 1.00. The average Bonchev–Trinajstić information content (AvgIpc) is 2.61. The maximum Gasteiger partial charge on any atom is 3.00 e. The van der Waals surface area contributed by atoms with Gasteiger partial charge in [0.2, 0.25) is 0 Å². The average molecular weight is 433 g/mol. The van der Waals surface area contributed by atoms with Gasteiger partial charge in [-0.3, -0.25) is 20.2 Å². The molecule has 13 heteroatoms. The van der Waals surface area contributed by atoms with Crippen molar-refractivity contribution in [3.05, 3.63) is 20.2 Å². The van der Waals surface area contributed by atoms with Gasteiger partial charge in [0, 0.05) is 49.1 Å². The summed E-state index contributed by atoms with van der Waals surface area (Å²) in [5, 5.41) is 42.3. The zero-order valence-corrected chi connectivity index (χ0v) is 16.4. The summed E-state index contributed by atoms with van der Waals surface area (Å²) in [6, 6.07) is 0. The largest absolute Gasteiger partial charge is 3.00 e. The Morgan fingerprint density at radius 3 is 0.852 bits per heavy atom. The van der Waals surface area contributed by atoms with E-state index in [4.69, 9.17) is 0 Å². The molecule has 0 radical (unpaired) electrons. The summed E-state index contributed by atoms with van der Waals surface area (Å²) in [7, 11) is 0. The summed E-state index contributed by atoms with van der Waals surface area (Å²) >= 11 is 0. The van der Waals surface area contributed by atoms with E-state index in [9.17, 15) is 20.2 Å². The van der Waals surface area contributed by atoms with E-state index in [0.29, 0.717) is 39.3 Å². The molecule has 0 amide bonds. The van der Waals surface area contributed by atoms with Gasteiger partial charge in [-0.05, 0) is 0 Å². The van der Waals surface area contributed by atoms with Crippen LogP contribution in [0.1, 0.15) is 0 Å². The monoisotopic (exact) mass is 433 g/mol. The van der Waals surface area contributed by atoms with E-state index in [1.165, 1.54) is 0 Å². The molecule has 3 rings (SSSR count). The Labute approximate surface area is 168 Å². The predicted octanol–water partition coefficient (Wildman–Crippen LogP) is -3.42. The molecule has 3 fully saturated rings. The molecule has 0 atom stereocenters. The van der Waals surface area contributed by atoms with E-state index in [1.54, 1.807) is 0 Å². The van der Waals surface area contributed by atoms with Crippen LogP contribution in [0.25, 0.3) is 0 Å². The van der Waals surface area contributed by atoms with E-state index in [-0.39, 0.29) is 65.9 Å². The molecule has 2 bridgehead atoms. The number of nitro groups is 2. The summed E-state index contributed by atoms with van der Waals surface area (Å²) < 4.78 is 0. The Morgan fingerprint density at radius 2 is 0.704 bits per heavy atom. The third-order valence-electron chi connectivity index (χ3n) is 4.93. The molecule has 0 aromatic carbocycles. The van der Waals surface area contributed by atoms with Gasteiger partial charge in [0.15, 0.2) is 0 Å². The van der Waals surface area contributed by atoms with Gasteiger partial charge >= 0.3 is 16.8 Å². The molecule has 3 aliphatic heterocycles. The van der Waals surface area contributed by atoms with Gasteiger partial charge in [-0.15, -0.1) is 0 Å². The Hall–Kier alpha value is -0.934. The van der Waals surface area contributed by atoms with Crippen molar-refractivity contribution in [3.63, 3.8) is 0 Å². The normalized spacial score (nSPS) is 31.9. The van der Waals surface area contributed by atoms with Crippen LogP contribution >= 0.6 is 0 Å². The number of hydrogen-bond acceptors (Lipinski definition) is 10. The molecular weight excluding hydrogens is 403 g/mol. The van der Waals surface area contributed by atoms with Crippen molar-refractivity contribution < 1.29 is 26.6 Å².